The van der Waals surface area contributed by atoms with Gasteiger partial charge in [-0.3, -0.25) is 19.2 Å². The first kappa shape index (κ1) is 21.8. The van der Waals surface area contributed by atoms with E-state index >= 15 is 0 Å². The molecule has 0 aromatic carbocycles. The zero-order chi connectivity index (χ0) is 19.7. The lowest BCUT2D eigenvalue weighted by Gasteiger charge is -2.17. The molecule has 0 aliphatic rings. The Hall–Kier alpha value is -3.22. The van der Waals surface area contributed by atoms with Crippen molar-refractivity contribution in [3.63, 3.8) is 0 Å². The van der Waals surface area contributed by atoms with E-state index < -0.39 is 73.1 Å². The van der Waals surface area contributed by atoms with Gasteiger partial charge in [-0.05, 0) is 0 Å². The summed E-state index contributed by atoms with van der Waals surface area (Å²) in [6.07, 6.45) is -2.59. The second kappa shape index (κ2) is 9.82. The number of carboxylic acid groups (broad SMARTS) is 4. The van der Waals surface area contributed by atoms with E-state index in [2.05, 4.69) is 0 Å². The van der Waals surface area contributed by atoms with Gasteiger partial charge in [0.2, 0.25) is 11.8 Å². The largest absolute Gasteiger partial charge is 0.481 e. The molecule has 0 saturated carbocycles. The Morgan fingerprint density at radius 2 is 1.12 bits per heavy atom. The molecule has 8 N–H and O–H groups in total. The number of aliphatic carboxylic acids is 4. The third-order valence-electron chi connectivity index (χ3n) is 2.75. The number of amides is 2. The van der Waals surface area contributed by atoms with Crippen molar-refractivity contribution in [3.8, 4) is 0 Å². The SMILES string of the molecule is NC(CC(=O)NC(CC(=O)O)C(=O)O)C(=O)NC(CC(=O)O)C(=O)O. The molecule has 3 unspecified atom stereocenters. The van der Waals surface area contributed by atoms with Crippen LogP contribution in [0.3, 0.4) is 0 Å². The second-order valence-electron chi connectivity index (χ2n) is 4.86. The zero-order valence-electron chi connectivity index (χ0n) is 12.7. The van der Waals surface area contributed by atoms with Crippen LogP contribution >= 0.6 is 0 Å². The number of nitrogens with one attached hydrogen (secondary N) is 2. The Morgan fingerprint density at radius 1 is 0.720 bits per heavy atom. The highest BCUT2D eigenvalue weighted by Crippen LogP contribution is 1.98. The van der Waals surface area contributed by atoms with Gasteiger partial charge in [-0.25, -0.2) is 9.59 Å². The minimum absolute atomic E-state index is 0.769. The number of rotatable bonds is 11. The van der Waals surface area contributed by atoms with Gasteiger partial charge in [0, 0.05) is 0 Å². The molecule has 0 spiro atoms. The Morgan fingerprint density at radius 3 is 1.48 bits per heavy atom. The molecule has 13 nitrogen and oxygen atoms in total. The topological polar surface area (TPSA) is 233 Å². The molecule has 0 radical (unpaired) electrons. The maximum Gasteiger partial charge on any atom is 0.326 e. The quantitative estimate of drug-likeness (QED) is 0.193. The molecule has 140 valence electrons. The molecule has 0 aromatic heterocycles. The van der Waals surface area contributed by atoms with E-state index in [4.69, 9.17) is 26.2 Å². The van der Waals surface area contributed by atoms with Crippen LogP contribution in [0.5, 0.6) is 0 Å². The lowest BCUT2D eigenvalue weighted by atomic mass is 10.1. The van der Waals surface area contributed by atoms with E-state index in [0.29, 0.717) is 0 Å². The molecule has 25 heavy (non-hydrogen) atoms. The van der Waals surface area contributed by atoms with E-state index in [9.17, 15) is 28.8 Å². The number of hydrogen-bond donors (Lipinski definition) is 7. The average molecular weight is 363 g/mol. The standard InChI is InChI=1S/C12H17N3O10/c13-4(10(21)15-6(12(24)25)3-9(19)20)1-7(16)14-5(11(22)23)2-8(17)18/h4-6H,1-3,13H2,(H,14,16)(H,15,21)(H,17,18)(H,19,20)(H,22,23)(H,24,25). The molecule has 0 heterocycles. The fourth-order valence-electron chi connectivity index (χ4n) is 1.57. The molecule has 13 heteroatoms. The molecule has 0 saturated heterocycles. The summed E-state index contributed by atoms with van der Waals surface area (Å²) in [5.74, 6) is -8.40. The first-order valence-electron chi connectivity index (χ1n) is 6.68. The Kier molecular flexibility index (Phi) is 8.55. The fraction of sp³-hybridized carbons (Fsp3) is 0.500. The summed E-state index contributed by atoms with van der Waals surface area (Å²) in [5, 5.41) is 38.3. The summed E-state index contributed by atoms with van der Waals surface area (Å²) < 4.78 is 0. The van der Waals surface area contributed by atoms with Crippen LogP contribution in [0.4, 0.5) is 0 Å². The lowest BCUT2D eigenvalue weighted by molar-refractivity contribution is -0.147. The molecule has 2 amide bonds. The van der Waals surface area contributed by atoms with Crippen LogP contribution in [0.25, 0.3) is 0 Å². The van der Waals surface area contributed by atoms with Gasteiger partial charge in [0.15, 0.2) is 0 Å². The maximum absolute atomic E-state index is 11.7. The van der Waals surface area contributed by atoms with Crippen molar-refractivity contribution in [1.82, 2.24) is 10.6 Å². The van der Waals surface area contributed by atoms with Gasteiger partial charge >= 0.3 is 23.9 Å². The van der Waals surface area contributed by atoms with Gasteiger partial charge in [-0.15, -0.1) is 0 Å². The van der Waals surface area contributed by atoms with Crippen molar-refractivity contribution in [2.75, 3.05) is 0 Å². The first-order chi connectivity index (χ1) is 11.4. The molecule has 3 atom stereocenters. The van der Waals surface area contributed by atoms with Crippen LogP contribution in [0.1, 0.15) is 19.3 Å². The summed E-state index contributed by atoms with van der Waals surface area (Å²) in [5.41, 5.74) is 5.37. The van der Waals surface area contributed by atoms with Crippen LogP contribution in [-0.4, -0.2) is 74.2 Å². The molecular weight excluding hydrogens is 346 g/mol. The molecule has 0 aliphatic carbocycles. The predicted molar refractivity (Wildman–Crippen MR) is 76.2 cm³/mol. The van der Waals surface area contributed by atoms with Gasteiger partial charge < -0.3 is 36.8 Å². The van der Waals surface area contributed by atoms with Gasteiger partial charge in [-0.2, -0.15) is 0 Å². The molecule has 0 aliphatic heterocycles. The monoisotopic (exact) mass is 363 g/mol. The Labute approximate surface area is 139 Å². The molecule has 0 bridgehead atoms. The summed E-state index contributed by atoms with van der Waals surface area (Å²) in [6, 6.07) is -5.10. The summed E-state index contributed by atoms with van der Waals surface area (Å²) in [4.78, 5) is 65.9. The van der Waals surface area contributed by atoms with Gasteiger partial charge in [0.25, 0.3) is 0 Å². The van der Waals surface area contributed by atoms with Crippen LogP contribution < -0.4 is 16.4 Å². The Balaban J connectivity index is 4.70. The minimum atomic E-state index is -1.77. The van der Waals surface area contributed by atoms with Gasteiger partial charge in [0.05, 0.1) is 25.3 Å². The lowest BCUT2D eigenvalue weighted by Crippen LogP contribution is -2.51. The third kappa shape index (κ3) is 8.85. The van der Waals surface area contributed by atoms with E-state index in [1.807, 2.05) is 10.6 Å². The van der Waals surface area contributed by atoms with Gasteiger partial charge in [-0.1, -0.05) is 0 Å². The van der Waals surface area contributed by atoms with Crippen LogP contribution in [-0.2, 0) is 28.8 Å². The number of carbonyl (C=O) groups is 6. The molecule has 0 rings (SSSR count). The highest BCUT2D eigenvalue weighted by atomic mass is 16.4. The highest BCUT2D eigenvalue weighted by molar-refractivity contribution is 5.93. The van der Waals surface area contributed by atoms with Crippen LogP contribution in [0.2, 0.25) is 0 Å². The summed E-state index contributed by atoms with van der Waals surface area (Å²) in [7, 11) is 0. The van der Waals surface area contributed by atoms with Crippen molar-refractivity contribution in [3.05, 3.63) is 0 Å². The Bertz CT molecular complexity index is 575. The number of carbonyl (C=O) groups excluding carboxylic acids is 2. The first-order valence-corrected chi connectivity index (χ1v) is 6.68. The van der Waals surface area contributed by atoms with Gasteiger partial charge in [0.1, 0.15) is 12.1 Å². The van der Waals surface area contributed by atoms with Crippen molar-refractivity contribution in [1.29, 1.82) is 0 Å². The van der Waals surface area contributed by atoms with Crippen molar-refractivity contribution < 1.29 is 49.2 Å². The zero-order valence-corrected chi connectivity index (χ0v) is 12.7. The maximum atomic E-state index is 11.7. The third-order valence-corrected chi connectivity index (χ3v) is 2.75. The molecule has 0 aromatic rings. The number of carboxylic acids is 4. The van der Waals surface area contributed by atoms with Crippen LogP contribution in [0, 0.1) is 0 Å². The van der Waals surface area contributed by atoms with Crippen molar-refractivity contribution in [2.45, 2.75) is 37.4 Å². The van der Waals surface area contributed by atoms with E-state index in [0.717, 1.165) is 0 Å². The fourth-order valence-corrected chi connectivity index (χ4v) is 1.57. The van der Waals surface area contributed by atoms with E-state index in [1.165, 1.54) is 0 Å². The van der Waals surface area contributed by atoms with E-state index in [1.54, 1.807) is 0 Å². The summed E-state index contributed by atoms with van der Waals surface area (Å²) >= 11 is 0. The predicted octanol–water partition coefficient (Wildman–Crippen LogP) is -3.21. The smallest absolute Gasteiger partial charge is 0.326 e. The second-order valence-corrected chi connectivity index (χ2v) is 4.86. The normalized spacial score (nSPS) is 13.8. The van der Waals surface area contributed by atoms with Crippen molar-refractivity contribution >= 4 is 35.7 Å². The average Bonchev–Trinajstić information content (AvgIpc) is 2.44. The molecule has 0 fully saturated rings. The molecular formula is C12H17N3O10. The minimum Gasteiger partial charge on any atom is -0.481 e. The van der Waals surface area contributed by atoms with Crippen molar-refractivity contribution in [2.24, 2.45) is 5.73 Å². The summed E-state index contributed by atoms with van der Waals surface area (Å²) in [6.45, 7) is 0. The van der Waals surface area contributed by atoms with Crippen LogP contribution in [0.15, 0.2) is 0 Å². The highest BCUT2D eigenvalue weighted by Gasteiger charge is 2.28. The number of hydrogen-bond acceptors (Lipinski definition) is 7. The van der Waals surface area contributed by atoms with E-state index in [-0.39, 0.29) is 0 Å². The number of nitrogens with two attached hydrogens (primary N) is 1.